The molecule has 0 radical (unpaired) electrons. The van der Waals surface area contributed by atoms with Crippen molar-refractivity contribution in [3.05, 3.63) is 35.5 Å². The Bertz CT molecular complexity index is 460. The average molecular weight is 206 g/mol. The highest BCUT2D eigenvalue weighted by Gasteiger charge is 2.06. The summed E-state index contributed by atoms with van der Waals surface area (Å²) >= 11 is 4.30. The van der Waals surface area contributed by atoms with Crippen molar-refractivity contribution in [2.45, 2.75) is 12.3 Å². The fourth-order valence-corrected chi connectivity index (χ4v) is 2.18. The number of benzene rings is 1. The van der Waals surface area contributed by atoms with E-state index < -0.39 is 0 Å². The normalized spacial score (nSPS) is 11.1. The molecule has 0 unspecified atom stereocenters. The van der Waals surface area contributed by atoms with E-state index in [1.54, 1.807) is 0 Å². The third kappa shape index (κ3) is 1.33. The average Bonchev–Trinajstić information content (AvgIpc) is 2.55. The second-order valence-electron chi connectivity index (χ2n) is 3.41. The molecule has 0 aliphatic heterocycles. The molecular formula is C11H14N2S. The first-order valence-electron chi connectivity index (χ1n) is 4.65. The van der Waals surface area contributed by atoms with Crippen molar-refractivity contribution in [1.29, 1.82) is 0 Å². The second-order valence-corrected chi connectivity index (χ2v) is 3.73. The minimum Gasteiger partial charge on any atom is -0.347 e. The first-order chi connectivity index (χ1) is 6.77. The van der Waals surface area contributed by atoms with Gasteiger partial charge in [-0.1, -0.05) is 18.2 Å². The van der Waals surface area contributed by atoms with Crippen molar-refractivity contribution in [2.75, 3.05) is 0 Å². The molecule has 0 atom stereocenters. The molecule has 74 valence electrons. The first-order valence-corrected chi connectivity index (χ1v) is 5.28. The van der Waals surface area contributed by atoms with Crippen LogP contribution in [0.2, 0.25) is 0 Å². The van der Waals surface area contributed by atoms with E-state index in [2.05, 4.69) is 42.4 Å². The number of nitrogens with zero attached hydrogens (tertiary/aromatic N) is 1. The Morgan fingerprint density at radius 1 is 1.43 bits per heavy atom. The number of rotatable bonds is 2. The Balaban J connectivity index is 2.79. The summed E-state index contributed by atoms with van der Waals surface area (Å²) < 4.78 is 2.17. The lowest BCUT2D eigenvalue weighted by Gasteiger charge is -2.04. The highest BCUT2D eigenvalue weighted by Crippen LogP contribution is 2.23. The fourth-order valence-electron chi connectivity index (χ4n) is 1.87. The van der Waals surface area contributed by atoms with Gasteiger partial charge in [0.15, 0.2) is 0 Å². The second kappa shape index (κ2) is 3.67. The van der Waals surface area contributed by atoms with Gasteiger partial charge in [0.25, 0.3) is 0 Å². The molecular weight excluding hydrogens is 192 g/mol. The predicted molar refractivity (Wildman–Crippen MR) is 63.5 cm³/mol. The number of hydrogen-bond donors (Lipinski definition) is 2. The third-order valence-electron chi connectivity index (χ3n) is 2.62. The van der Waals surface area contributed by atoms with Gasteiger partial charge < -0.3 is 10.3 Å². The number of aromatic nitrogens is 1. The smallest absolute Gasteiger partial charge is 0.0525 e. The summed E-state index contributed by atoms with van der Waals surface area (Å²) in [6.45, 7) is 0.585. The largest absolute Gasteiger partial charge is 0.347 e. The van der Waals surface area contributed by atoms with Gasteiger partial charge in [0, 0.05) is 30.4 Å². The van der Waals surface area contributed by atoms with E-state index >= 15 is 0 Å². The van der Waals surface area contributed by atoms with Crippen LogP contribution in [0.25, 0.3) is 10.9 Å². The van der Waals surface area contributed by atoms with Crippen molar-refractivity contribution in [1.82, 2.24) is 4.57 Å². The Morgan fingerprint density at radius 3 is 2.86 bits per heavy atom. The molecule has 1 heterocycles. The summed E-state index contributed by atoms with van der Waals surface area (Å²) in [4.78, 5) is 0. The van der Waals surface area contributed by atoms with Crippen LogP contribution in [0.3, 0.4) is 0 Å². The van der Waals surface area contributed by atoms with E-state index in [0.717, 1.165) is 5.75 Å². The van der Waals surface area contributed by atoms with E-state index in [0.29, 0.717) is 6.54 Å². The van der Waals surface area contributed by atoms with Crippen molar-refractivity contribution >= 4 is 23.5 Å². The topological polar surface area (TPSA) is 30.9 Å². The van der Waals surface area contributed by atoms with Crippen LogP contribution in [0.1, 0.15) is 11.3 Å². The van der Waals surface area contributed by atoms with Gasteiger partial charge in [-0.15, -0.1) is 0 Å². The van der Waals surface area contributed by atoms with Gasteiger partial charge in [-0.25, -0.2) is 0 Å². The van der Waals surface area contributed by atoms with Crippen molar-refractivity contribution < 1.29 is 0 Å². The summed E-state index contributed by atoms with van der Waals surface area (Å²) in [5.74, 6) is 0.759. The van der Waals surface area contributed by atoms with Crippen LogP contribution in [-0.4, -0.2) is 4.57 Å². The number of hydrogen-bond acceptors (Lipinski definition) is 2. The number of para-hydroxylation sites is 1. The Morgan fingerprint density at radius 2 is 2.21 bits per heavy atom. The molecule has 0 saturated heterocycles. The zero-order valence-corrected chi connectivity index (χ0v) is 9.09. The van der Waals surface area contributed by atoms with Gasteiger partial charge in [0.2, 0.25) is 0 Å². The molecule has 0 aliphatic carbocycles. The van der Waals surface area contributed by atoms with Gasteiger partial charge in [-0.2, -0.15) is 12.6 Å². The van der Waals surface area contributed by atoms with Crippen LogP contribution < -0.4 is 5.73 Å². The van der Waals surface area contributed by atoms with E-state index in [1.807, 2.05) is 6.07 Å². The molecule has 0 spiro atoms. The van der Waals surface area contributed by atoms with Crippen molar-refractivity contribution in [3.63, 3.8) is 0 Å². The first kappa shape index (κ1) is 9.62. The number of nitrogens with two attached hydrogens (primary N) is 1. The molecule has 3 heteroatoms. The fraction of sp³-hybridized carbons (Fsp3) is 0.273. The van der Waals surface area contributed by atoms with E-state index in [4.69, 9.17) is 5.73 Å². The Kier molecular flexibility index (Phi) is 2.52. The maximum absolute atomic E-state index is 5.70. The summed E-state index contributed by atoms with van der Waals surface area (Å²) in [6, 6.07) is 8.40. The van der Waals surface area contributed by atoms with E-state index in [9.17, 15) is 0 Å². The summed E-state index contributed by atoms with van der Waals surface area (Å²) in [5, 5.41) is 1.25. The number of thiol groups is 1. The molecule has 14 heavy (non-hydrogen) atoms. The molecule has 0 amide bonds. The molecule has 0 fully saturated rings. The molecule has 2 N–H and O–H groups in total. The zero-order chi connectivity index (χ0) is 10.1. The lowest BCUT2D eigenvalue weighted by Crippen LogP contribution is -2.01. The lowest BCUT2D eigenvalue weighted by molar-refractivity contribution is 0.899. The Labute approximate surface area is 89.1 Å². The lowest BCUT2D eigenvalue weighted by atomic mass is 10.1. The summed E-state index contributed by atoms with van der Waals surface area (Å²) in [6.07, 6.45) is 0. The standard InChI is InChI=1S/C11H14N2S/c1-13-10(7-14)5-8-3-2-4-9(6-12)11(8)13/h2-5,14H,6-7,12H2,1H3. The van der Waals surface area contributed by atoms with Crippen LogP contribution >= 0.6 is 12.6 Å². The van der Waals surface area contributed by atoms with Crippen LogP contribution in [0.4, 0.5) is 0 Å². The van der Waals surface area contributed by atoms with Gasteiger partial charge in [-0.05, 0) is 11.6 Å². The van der Waals surface area contributed by atoms with Crippen LogP contribution in [-0.2, 0) is 19.3 Å². The molecule has 1 aromatic carbocycles. The molecule has 1 aromatic heterocycles. The molecule has 0 saturated carbocycles. The molecule has 0 aliphatic rings. The minimum atomic E-state index is 0.585. The van der Waals surface area contributed by atoms with Gasteiger partial charge in [-0.3, -0.25) is 0 Å². The van der Waals surface area contributed by atoms with E-state index in [1.165, 1.54) is 22.2 Å². The monoisotopic (exact) mass is 206 g/mol. The van der Waals surface area contributed by atoms with Gasteiger partial charge >= 0.3 is 0 Å². The van der Waals surface area contributed by atoms with Crippen LogP contribution in [0.5, 0.6) is 0 Å². The zero-order valence-electron chi connectivity index (χ0n) is 8.20. The summed E-state index contributed by atoms with van der Waals surface area (Å²) in [5.41, 5.74) is 9.36. The highest BCUT2D eigenvalue weighted by molar-refractivity contribution is 7.79. The van der Waals surface area contributed by atoms with Crippen LogP contribution in [0, 0.1) is 0 Å². The quantitative estimate of drug-likeness (QED) is 0.724. The van der Waals surface area contributed by atoms with Crippen LogP contribution in [0.15, 0.2) is 24.3 Å². The maximum Gasteiger partial charge on any atom is 0.0525 e. The minimum absolute atomic E-state index is 0.585. The van der Waals surface area contributed by atoms with Crippen molar-refractivity contribution in [3.8, 4) is 0 Å². The molecule has 0 bridgehead atoms. The number of fused-ring (bicyclic) bond motifs is 1. The predicted octanol–water partition coefficient (Wildman–Crippen LogP) is 2.07. The Hall–Kier alpha value is -0.930. The van der Waals surface area contributed by atoms with Gasteiger partial charge in [0.1, 0.15) is 0 Å². The van der Waals surface area contributed by atoms with E-state index in [-0.39, 0.29) is 0 Å². The maximum atomic E-state index is 5.70. The summed E-state index contributed by atoms with van der Waals surface area (Å²) in [7, 11) is 2.06. The SMILES string of the molecule is Cn1c(CS)cc2cccc(CN)c21. The molecule has 2 nitrogen and oxygen atoms in total. The van der Waals surface area contributed by atoms with Crippen molar-refractivity contribution in [2.24, 2.45) is 12.8 Å². The number of aryl methyl sites for hydroxylation is 1. The molecule has 2 aromatic rings. The molecule has 2 rings (SSSR count). The third-order valence-corrected chi connectivity index (χ3v) is 2.95. The highest BCUT2D eigenvalue weighted by atomic mass is 32.1. The van der Waals surface area contributed by atoms with Gasteiger partial charge in [0.05, 0.1) is 5.52 Å².